The predicted molar refractivity (Wildman–Crippen MR) is 111 cm³/mol. The molecule has 4 rings (SSSR count). The third-order valence-corrected chi connectivity index (χ3v) is 5.82. The van der Waals surface area contributed by atoms with Crippen molar-refractivity contribution in [1.82, 2.24) is 5.32 Å². The van der Waals surface area contributed by atoms with Gasteiger partial charge in [-0.05, 0) is 42.5 Å². The molecule has 2 heterocycles. The van der Waals surface area contributed by atoms with Crippen molar-refractivity contribution >= 4 is 50.5 Å². The minimum atomic E-state index is -0.277. The van der Waals surface area contributed by atoms with Crippen LogP contribution in [0.2, 0.25) is 5.02 Å². The number of anilines is 1. The first kappa shape index (κ1) is 18.3. The number of furan rings is 1. The second-order valence-corrected chi connectivity index (χ2v) is 7.47. The summed E-state index contributed by atoms with van der Waals surface area (Å²) in [5.74, 6) is 0.181. The first-order valence-corrected chi connectivity index (χ1v) is 9.70. The molecule has 0 aliphatic carbocycles. The Kier molecular flexibility index (Phi) is 5.14. The molecule has 2 amide bonds. The Morgan fingerprint density at radius 1 is 0.964 bits per heavy atom. The van der Waals surface area contributed by atoms with Crippen molar-refractivity contribution < 1.29 is 14.0 Å². The summed E-state index contributed by atoms with van der Waals surface area (Å²) in [6, 6.07) is 17.8. The maximum Gasteiger partial charge on any atom is 0.267 e. The zero-order valence-corrected chi connectivity index (χ0v) is 16.1. The van der Waals surface area contributed by atoms with E-state index in [1.54, 1.807) is 42.7 Å². The Morgan fingerprint density at radius 3 is 2.46 bits per heavy atom. The number of halogens is 1. The number of hydrogen-bond donors (Lipinski definition) is 2. The predicted octanol–water partition coefficient (Wildman–Crippen LogP) is 5.33. The molecule has 0 atom stereocenters. The number of amides is 2. The van der Waals surface area contributed by atoms with Crippen LogP contribution >= 0.6 is 22.9 Å². The number of fused-ring (bicyclic) bond motifs is 1. The van der Waals surface area contributed by atoms with Crippen LogP contribution < -0.4 is 10.6 Å². The summed E-state index contributed by atoms with van der Waals surface area (Å²) in [5, 5.41) is 6.91. The average molecular weight is 411 g/mol. The van der Waals surface area contributed by atoms with Crippen molar-refractivity contribution in [3.05, 3.63) is 88.2 Å². The lowest BCUT2D eigenvalue weighted by molar-refractivity contribution is 0.0947. The van der Waals surface area contributed by atoms with E-state index in [1.807, 2.05) is 24.3 Å². The number of nitrogens with one attached hydrogen (secondary N) is 2. The molecular weight excluding hydrogens is 396 g/mol. The van der Waals surface area contributed by atoms with Gasteiger partial charge in [0.05, 0.1) is 17.8 Å². The molecule has 4 aromatic rings. The molecule has 2 aromatic heterocycles. The second-order valence-electron chi connectivity index (χ2n) is 6.03. The highest BCUT2D eigenvalue weighted by Gasteiger charge is 2.17. The zero-order chi connectivity index (χ0) is 19.5. The van der Waals surface area contributed by atoms with Gasteiger partial charge in [-0.1, -0.05) is 29.8 Å². The Morgan fingerprint density at radius 2 is 1.75 bits per heavy atom. The highest BCUT2D eigenvalue weighted by Crippen LogP contribution is 2.35. The van der Waals surface area contributed by atoms with Gasteiger partial charge < -0.3 is 15.1 Å². The highest BCUT2D eigenvalue weighted by atomic mass is 35.5. The summed E-state index contributed by atoms with van der Waals surface area (Å²) in [7, 11) is 0. The number of benzene rings is 2. The van der Waals surface area contributed by atoms with Crippen LogP contribution in [0.1, 0.15) is 25.8 Å². The van der Waals surface area contributed by atoms with E-state index in [-0.39, 0.29) is 11.8 Å². The lowest BCUT2D eigenvalue weighted by Gasteiger charge is -2.06. The van der Waals surface area contributed by atoms with E-state index in [1.165, 1.54) is 11.3 Å². The van der Waals surface area contributed by atoms with Gasteiger partial charge in [0, 0.05) is 21.3 Å². The van der Waals surface area contributed by atoms with Crippen LogP contribution in [0.15, 0.2) is 71.3 Å². The number of carbonyl (C=O) groups is 2. The summed E-state index contributed by atoms with van der Waals surface area (Å²) in [5.41, 5.74) is 1.07. The Bertz CT molecular complexity index is 1130. The molecule has 7 heteroatoms. The van der Waals surface area contributed by atoms with E-state index in [2.05, 4.69) is 10.6 Å². The fourth-order valence-corrected chi connectivity index (χ4v) is 4.15. The minimum Gasteiger partial charge on any atom is -0.467 e. The van der Waals surface area contributed by atoms with Crippen molar-refractivity contribution in [3.8, 4) is 0 Å². The minimum absolute atomic E-state index is 0.221. The van der Waals surface area contributed by atoms with Crippen LogP contribution in [-0.4, -0.2) is 11.8 Å². The quantitative estimate of drug-likeness (QED) is 0.467. The molecule has 0 radical (unpaired) electrons. The molecule has 0 saturated carbocycles. The molecule has 140 valence electrons. The number of thiophene rings is 1. The van der Waals surface area contributed by atoms with Crippen molar-refractivity contribution in [2.45, 2.75) is 6.54 Å². The number of hydrogen-bond acceptors (Lipinski definition) is 4. The summed E-state index contributed by atoms with van der Waals surface area (Å²) in [6.45, 7) is 0.314. The molecule has 0 aliphatic heterocycles. The van der Waals surface area contributed by atoms with Crippen LogP contribution in [0.3, 0.4) is 0 Å². The zero-order valence-electron chi connectivity index (χ0n) is 14.6. The lowest BCUT2D eigenvalue weighted by atomic mass is 10.2. The molecular formula is C21H15ClN2O3S. The first-order valence-electron chi connectivity index (χ1n) is 8.51. The lowest BCUT2D eigenvalue weighted by Crippen LogP contribution is -2.22. The van der Waals surface area contributed by atoms with Crippen molar-refractivity contribution in [3.63, 3.8) is 0 Å². The SMILES string of the molecule is O=C(NCc1ccco1)c1ccc(NC(=O)c2sc3ccccc3c2Cl)cc1. The van der Waals surface area contributed by atoms with Crippen molar-refractivity contribution in [2.24, 2.45) is 0 Å². The summed E-state index contributed by atoms with van der Waals surface area (Å²) in [6.07, 6.45) is 1.56. The Hall–Kier alpha value is -3.09. The maximum atomic E-state index is 12.6. The third kappa shape index (κ3) is 3.78. The van der Waals surface area contributed by atoms with Gasteiger partial charge in [-0.3, -0.25) is 9.59 Å². The summed E-state index contributed by atoms with van der Waals surface area (Å²) < 4.78 is 6.14. The van der Waals surface area contributed by atoms with E-state index in [0.29, 0.717) is 33.5 Å². The third-order valence-electron chi connectivity index (χ3n) is 4.15. The van der Waals surface area contributed by atoms with Crippen LogP contribution in [-0.2, 0) is 6.54 Å². The standard InChI is InChI=1S/C21H15ClN2O3S/c22-18-16-5-1-2-6-17(16)28-19(18)21(26)24-14-9-7-13(8-10-14)20(25)23-12-15-4-3-11-27-15/h1-11H,12H2,(H,23,25)(H,24,26). The van der Waals surface area contributed by atoms with Gasteiger partial charge in [0.1, 0.15) is 10.6 Å². The fraction of sp³-hybridized carbons (Fsp3) is 0.0476. The Labute approximate surface area is 169 Å². The molecule has 0 fully saturated rings. The van der Waals surface area contributed by atoms with Gasteiger partial charge in [0.25, 0.3) is 11.8 Å². The van der Waals surface area contributed by atoms with Crippen LogP contribution in [0.25, 0.3) is 10.1 Å². The maximum absolute atomic E-state index is 12.6. The van der Waals surface area contributed by atoms with E-state index < -0.39 is 0 Å². The summed E-state index contributed by atoms with van der Waals surface area (Å²) >= 11 is 7.70. The summed E-state index contributed by atoms with van der Waals surface area (Å²) in [4.78, 5) is 25.2. The van der Waals surface area contributed by atoms with E-state index in [9.17, 15) is 9.59 Å². The van der Waals surface area contributed by atoms with Gasteiger partial charge >= 0.3 is 0 Å². The van der Waals surface area contributed by atoms with Gasteiger partial charge in [0.2, 0.25) is 0 Å². The number of carbonyl (C=O) groups excluding carboxylic acids is 2. The van der Waals surface area contributed by atoms with Gasteiger partial charge in [0.15, 0.2) is 0 Å². The first-order chi connectivity index (χ1) is 13.6. The smallest absolute Gasteiger partial charge is 0.267 e. The second kappa shape index (κ2) is 7.88. The van der Waals surface area contributed by atoms with Crippen molar-refractivity contribution in [1.29, 1.82) is 0 Å². The number of rotatable bonds is 5. The molecule has 2 aromatic carbocycles. The monoisotopic (exact) mass is 410 g/mol. The molecule has 0 bridgehead atoms. The van der Waals surface area contributed by atoms with Crippen LogP contribution in [0.5, 0.6) is 0 Å². The largest absolute Gasteiger partial charge is 0.467 e. The van der Waals surface area contributed by atoms with Gasteiger partial charge in [-0.2, -0.15) is 0 Å². The molecule has 0 spiro atoms. The molecule has 0 unspecified atom stereocenters. The molecule has 2 N–H and O–H groups in total. The van der Waals surface area contributed by atoms with Gasteiger partial charge in [-0.25, -0.2) is 0 Å². The normalized spacial score (nSPS) is 10.8. The highest BCUT2D eigenvalue weighted by molar-refractivity contribution is 7.21. The molecule has 0 saturated heterocycles. The van der Waals surface area contributed by atoms with E-state index in [0.717, 1.165) is 10.1 Å². The fourth-order valence-electron chi connectivity index (χ4n) is 2.74. The molecule has 5 nitrogen and oxygen atoms in total. The van der Waals surface area contributed by atoms with E-state index >= 15 is 0 Å². The van der Waals surface area contributed by atoms with E-state index in [4.69, 9.17) is 16.0 Å². The van der Waals surface area contributed by atoms with Crippen molar-refractivity contribution in [2.75, 3.05) is 5.32 Å². The van der Waals surface area contributed by atoms with Gasteiger partial charge in [-0.15, -0.1) is 11.3 Å². The molecule has 0 aliphatic rings. The topological polar surface area (TPSA) is 71.3 Å². The Balaban J connectivity index is 1.42. The molecule has 28 heavy (non-hydrogen) atoms. The van der Waals surface area contributed by atoms with Crippen LogP contribution in [0.4, 0.5) is 5.69 Å². The van der Waals surface area contributed by atoms with Crippen LogP contribution in [0, 0.1) is 0 Å². The average Bonchev–Trinajstić information content (AvgIpc) is 3.35.